The Morgan fingerprint density at radius 1 is 1.12 bits per heavy atom. The first-order valence-corrected chi connectivity index (χ1v) is 9.07. The molecule has 0 saturated carbocycles. The molecule has 0 heterocycles. The summed E-state index contributed by atoms with van der Waals surface area (Å²) in [5.74, 6) is 0.818. The molecule has 0 saturated heterocycles. The van der Waals surface area contributed by atoms with Gasteiger partial charge in [-0.2, -0.15) is 0 Å². The van der Waals surface area contributed by atoms with Crippen LogP contribution in [0, 0.1) is 13.8 Å². The summed E-state index contributed by atoms with van der Waals surface area (Å²) in [6, 6.07) is 3.91. The molecular formula is C20H33NO3. The molecule has 1 N–H and O–H groups in total. The largest absolute Gasteiger partial charge is 0.493 e. The van der Waals surface area contributed by atoms with Gasteiger partial charge in [0.1, 0.15) is 11.4 Å². The molecule has 24 heavy (non-hydrogen) atoms. The number of unbranched alkanes of at least 4 members (excludes halogenated alkanes) is 1. The zero-order chi connectivity index (χ0) is 18.2. The van der Waals surface area contributed by atoms with Gasteiger partial charge in [0.05, 0.1) is 6.61 Å². The highest BCUT2D eigenvalue weighted by molar-refractivity contribution is 5.97. The summed E-state index contributed by atoms with van der Waals surface area (Å²) < 4.78 is 11.6. The normalized spacial score (nSPS) is 13.4. The van der Waals surface area contributed by atoms with Crippen molar-refractivity contribution in [3.63, 3.8) is 0 Å². The number of rotatable bonds is 10. The standard InChI is InChI=1S/C20H33NO3/c1-7-10-11-20(6,24-12-8-2)19(22)21-17-13-15(4)18(23-9-3)16(5)14-17/h13-14H,7-12H2,1-6H3,(H,21,22). The molecule has 0 radical (unpaired) electrons. The summed E-state index contributed by atoms with van der Waals surface area (Å²) in [4.78, 5) is 12.8. The van der Waals surface area contributed by atoms with Crippen molar-refractivity contribution in [3.8, 4) is 5.75 Å². The van der Waals surface area contributed by atoms with Crippen molar-refractivity contribution in [3.05, 3.63) is 23.3 Å². The Morgan fingerprint density at radius 3 is 2.25 bits per heavy atom. The minimum Gasteiger partial charge on any atom is -0.493 e. The molecule has 0 aliphatic heterocycles. The van der Waals surface area contributed by atoms with E-state index in [1.807, 2.05) is 39.8 Å². The average Bonchev–Trinajstić information content (AvgIpc) is 2.54. The summed E-state index contributed by atoms with van der Waals surface area (Å²) in [5.41, 5.74) is 2.06. The molecule has 1 aromatic rings. The highest BCUT2D eigenvalue weighted by Gasteiger charge is 2.33. The van der Waals surface area contributed by atoms with E-state index < -0.39 is 5.60 Å². The lowest BCUT2D eigenvalue weighted by Gasteiger charge is -2.29. The first-order chi connectivity index (χ1) is 11.4. The fraction of sp³-hybridized carbons (Fsp3) is 0.650. The van der Waals surface area contributed by atoms with E-state index in [0.29, 0.717) is 13.2 Å². The highest BCUT2D eigenvalue weighted by atomic mass is 16.5. The number of anilines is 1. The van der Waals surface area contributed by atoms with Gasteiger partial charge in [-0.05, 0) is 63.8 Å². The van der Waals surface area contributed by atoms with Crippen molar-refractivity contribution in [2.75, 3.05) is 18.5 Å². The molecule has 136 valence electrons. The van der Waals surface area contributed by atoms with Crippen LogP contribution in [0.2, 0.25) is 0 Å². The van der Waals surface area contributed by atoms with Crippen molar-refractivity contribution in [1.82, 2.24) is 0 Å². The lowest BCUT2D eigenvalue weighted by Crippen LogP contribution is -2.43. The van der Waals surface area contributed by atoms with Crippen LogP contribution in [0.1, 0.15) is 64.5 Å². The number of benzene rings is 1. The number of ether oxygens (including phenoxy) is 2. The van der Waals surface area contributed by atoms with E-state index in [2.05, 4.69) is 19.2 Å². The number of amides is 1. The van der Waals surface area contributed by atoms with E-state index in [0.717, 1.165) is 48.2 Å². The van der Waals surface area contributed by atoms with Crippen LogP contribution in [0.25, 0.3) is 0 Å². The molecule has 0 aromatic heterocycles. The SMILES string of the molecule is CCCCC(C)(OCCC)C(=O)Nc1cc(C)c(OCC)c(C)c1. The molecule has 0 bridgehead atoms. The fourth-order valence-corrected chi connectivity index (χ4v) is 2.75. The molecule has 0 fully saturated rings. The molecular weight excluding hydrogens is 302 g/mol. The maximum Gasteiger partial charge on any atom is 0.256 e. The van der Waals surface area contributed by atoms with Crippen LogP contribution >= 0.6 is 0 Å². The smallest absolute Gasteiger partial charge is 0.256 e. The van der Waals surface area contributed by atoms with Gasteiger partial charge in [-0.1, -0.05) is 26.7 Å². The Balaban J connectivity index is 2.93. The van der Waals surface area contributed by atoms with Crippen LogP contribution in [-0.4, -0.2) is 24.7 Å². The molecule has 4 nitrogen and oxygen atoms in total. The predicted octanol–water partition coefficient (Wildman–Crippen LogP) is 5.02. The molecule has 4 heteroatoms. The Morgan fingerprint density at radius 2 is 1.75 bits per heavy atom. The predicted molar refractivity (Wildman–Crippen MR) is 99.9 cm³/mol. The number of carbonyl (C=O) groups is 1. The second-order valence-electron chi connectivity index (χ2n) is 6.51. The number of aryl methyl sites for hydroxylation is 2. The van der Waals surface area contributed by atoms with E-state index in [1.54, 1.807) is 0 Å². The minimum atomic E-state index is -0.785. The summed E-state index contributed by atoms with van der Waals surface area (Å²) >= 11 is 0. The molecule has 0 spiro atoms. The molecule has 1 amide bonds. The summed E-state index contributed by atoms with van der Waals surface area (Å²) in [7, 11) is 0. The van der Waals surface area contributed by atoms with Gasteiger partial charge in [0.2, 0.25) is 0 Å². The van der Waals surface area contributed by atoms with E-state index in [4.69, 9.17) is 9.47 Å². The zero-order valence-electron chi connectivity index (χ0n) is 16.1. The van der Waals surface area contributed by atoms with Crippen LogP contribution in [0.3, 0.4) is 0 Å². The van der Waals surface area contributed by atoms with E-state index >= 15 is 0 Å². The maximum atomic E-state index is 12.8. The van der Waals surface area contributed by atoms with Gasteiger partial charge in [-0.25, -0.2) is 0 Å². The third kappa shape index (κ3) is 5.52. The van der Waals surface area contributed by atoms with Gasteiger partial charge >= 0.3 is 0 Å². The zero-order valence-corrected chi connectivity index (χ0v) is 16.1. The monoisotopic (exact) mass is 335 g/mol. The first-order valence-electron chi connectivity index (χ1n) is 9.07. The summed E-state index contributed by atoms with van der Waals surface area (Å²) in [6.07, 6.45) is 3.63. The Kier molecular flexibility index (Phi) is 8.26. The van der Waals surface area contributed by atoms with Crippen molar-refractivity contribution in [2.45, 2.75) is 72.8 Å². The van der Waals surface area contributed by atoms with Gasteiger partial charge in [0.15, 0.2) is 0 Å². The third-order valence-electron chi connectivity index (χ3n) is 4.12. The van der Waals surface area contributed by atoms with Crippen molar-refractivity contribution < 1.29 is 14.3 Å². The quantitative estimate of drug-likeness (QED) is 0.653. The molecule has 0 aliphatic carbocycles. The van der Waals surface area contributed by atoms with Crippen molar-refractivity contribution >= 4 is 11.6 Å². The van der Waals surface area contributed by atoms with Gasteiger partial charge in [-0.15, -0.1) is 0 Å². The van der Waals surface area contributed by atoms with Crippen molar-refractivity contribution in [2.24, 2.45) is 0 Å². The maximum absolute atomic E-state index is 12.8. The number of hydrogen-bond acceptors (Lipinski definition) is 3. The number of carbonyl (C=O) groups excluding carboxylic acids is 1. The van der Waals surface area contributed by atoms with Crippen LogP contribution < -0.4 is 10.1 Å². The fourth-order valence-electron chi connectivity index (χ4n) is 2.75. The number of hydrogen-bond donors (Lipinski definition) is 1. The number of nitrogens with one attached hydrogen (secondary N) is 1. The third-order valence-corrected chi connectivity index (χ3v) is 4.12. The van der Waals surface area contributed by atoms with E-state index in [9.17, 15) is 4.79 Å². The Labute approximate surface area is 146 Å². The molecule has 1 atom stereocenters. The molecule has 1 aromatic carbocycles. The van der Waals surface area contributed by atoms with E-state index in [1.165, 1.54) is 0 Å². The average molecular weight is 335 g/mol. The Bertz CT molecular complexity index is 509. The van der Waals surface area contributed by atoms with Gasteiger partial charge in [0.25, 0.3) is 5.91 Å². The lowest BCUT2D eigenvalue weighted by molar-refractivity contribution is -0.140. The van der Waals surface area contributed by atoms with E-state index in [-0.39, 0.29) is 5.91 Å². The lowest BCUT2D eigenvalue weighted by atomic mass is 9.97. The highest BCUT2D eigenvalue weighted by Crippen LogP contribution is 2.28. The summed E-state index contributed by atoms with van der Waals surface area (Å²) in [6.45, 7) is 13.3. The molecule has 0 aliphatic rings. The summed E-state index contributed by atoms with van der Waals surface area (Å²) in [5, 5.41) is 3.03. The second kappa shape index (κ2) is 9.67. The van der Waals surface area contributed by atoms with Crippen LogP contribution in [0.5, 0.6) is 5.75 Å². The van der Waals surface area contributed by atoms with Crippen LogP contribution in [0.15, 0.2) is 12.1 Å². The van der Waals surface area contributed by atoms with Crippen LogP contribution in [0.4, 0.5) is 5.69 Å². The van der Waals surface area contributed by atoms with Crippen molar-refractivity contribution in [1.29, 1.82) is 0 Å². The first kappa shape index (κ1) is 20.5. The van der Waals surface area contributed by atoms with Gasteiger partial charge in [-0.3, -0.25) is 4.79 Å². The Hall–Kier alpha value is -1.55. The van der Waals surface area contributed by atoms with Crippen LogP contribution in [-0.2, 0) is 9.53 Å². The minimum absolute atomic E-state index is 0.0765. The topological polar surface area (TPSA) is 47.6 Å². The second-order valence-corrected chi connectivity index (χ2v) is 6.51. The van der Waals surface area contributed by atoms with Gasteiger partial charge < -0.3 is 14.8 Å². The molecule has 1 rings (SSSR count). The molecule has 1 unspecified atom stereocenters. The van der Waals surface area contributed by atoms with Gasteiger partial charge in [0, 0.05) is 12.3 Å².